The Morgan fingerprint density at radius 1 is 0.667 bits per heavy atom. The van der Waals surface area contributed by atoms with Crippen LogP contribution in [0.2, 0.25) is 0 Å². The number of halogens is 2. The number of hydrogen-bond acceptors (Lipinski definition) is 3. The Morgan fingerprint density at radius 2 is 0.963 bits per heavy atom. The number of benzene rings is 2. The van der Waals surface area contributed by atoms with Gasteiger partial charge in [0.2, 0.25) is 5.69 Å². The van der Waals surface area contributed by atoms with Crippen molar-refractivity contribution in [3.05, 3.63) is 70.8 Å². The molecule has 0 aromatic heterocycles. The van der Waals surface area contributed by atoms with E-state index in [0.29, 0.717) is 13.2 Å². The highest BCUT2D eigenvalue weighted by atomic mass is 79.9. The second-order valence-electron chi connectivity index (χ2n) is 6.15. The molecule has 0 atom stereocenters. The van der Waals surface area contributed by atoms with Gasteiger partial charge in [-0.05, 0) is 59.7 Å². The summed E-state index contributed by atoms with van der Waals surface area (Å²) in [5.41, 5.74) is 2.65. The van der Waals surface area contributed by atoms with Gasteiger partial charge in [-0.15, -0.1) is 0 Å². The molecule has 0 aliphatic heterocycles. The van der Waals surface area contributed by atoms with Crippen LogP contribution in [0.5, 0.6) is 0 Å². The second kappa shape index (κ2) is 12.8. The van der Waals surface area contributed by atoms with Crippen LogP contribution in [0, 0.1) is 0 Å². The minimum atomic E-state index is -2.49. The Labute approximate surface area is 190 Å². The summed E-state index contributed by atoms with van der Waals surface area (Å²) in [7, 11) is 0. The summed E-state index contributed by atoms with van der Waals surface area (Å²) >= 11 is 16.8. The van der Waals surface area contributed by atoms with Gasteiger partial charge < -0.3 is 9.05 Å². The minimum absolute atomic E-state index is 0.528. The molecule has 7 heteroatoms. The van der Waals surface area contributed by atoms with Crippen LogP contribution < -0.4 is 0 Å². The van der Waals surface area contributed by atoms with Crippen molar-refractivity contribution in [1.29, 1.82) is 0 Å². The zero-order chi connectivity index (χ0) is 19.5. The molecule has 0 saturated heterocycles. The third-order valence-electron chi connectivity index (χ3n) is 4.10. The Bertz CT molecular complexity index is 664. The number of hydrogen-bond donors (Lipinski definition) is 1. The van der Waals surface area contributed by atoms with Crippen LogP contribution in [-0.2, 0) is 46.5 Å². The summed E-state index contributed by atoms with van der Waals surface area (Å²) in [6.07, 6.45) is 3.71. The van der Waals surface area contributed by atoms with Gasteiger partial charge in [-0.1, -0.05) is 92.6 Å². The molecule has 0 N–H and O–H groups in total. The molecule has 0 bridgehead atoms. The lowest BCUT2D eigenvalue weighted by molar-refractivity contribution is 0.264. The average molecular weight is 552 g/mol. The first-order valence-electron chi connectivity index (χ1n) is 8.92. The van der Waals surface area contributed by atoms with Crippen molar-refractivity contribution in [2.24, 2.45) is 0 Å². The molecule has 2 rings (SSSR count). The van der Waals surface area contributed by atoms with Crippen molar-refractivity contribution in [3.63, 3.8) is 0 Å². The number of thiol groups is 1. The molecule has 0 aliphatic carbocycles. The Balaban J connectivity index is 1.69. The molecule has 0 amide bonds. The van der Waals surface area contributed by atoms with E-state index in [4.69, 9.17) is 20.9 Å². The summed E-state index contributed by atoms with van der Waals surface area (Å²) in [5.74, 6) is 0. The van der Waals surface area contributed by atoms with Crippen LogP contribution in [0.25, 0.3) is 0 Å². The number of rotatable bonds is 12. The van der Waals surface area contributed by atoms with E-state index < -0.39 is 5.69 Å². The van der Waals surface area contributed by atoms with Crippen molar-refractivity contribution in [1.82, 2.24) is 0 Å². The molecule has 2 nitrogen and oxygen atoms in total. The molecule has 0 spiro atoms. The summed E-state index contributed by atoms with van der Waals surface area (Å²) in [5, 5.41) is 1.97. The predicted molar refractivity (Wildman–Crippen MR) is 130 cm³/mol. The molecule has 2 aromatic carbocycles. The lowest BCUT2D eigenvalue weighted by Crippen LogP contribution is -2.00. The maximum Gasteiger partial charge on any atom is 0.244 e. The van der Waals surface area contributed by atoms with Gasteiger partial charge in [-0.25, -0.2) is 0 Å². The third kappa shape index (κ3) is 9.58. The molecular weight excluding hydrogens is 527 g/mol. The van der Waals surface area contributed by atoms with Gasteiger partial charge >= 0.3 is 0 Å². The molecule has 2 aromatic rings. The molecule has 0 radical (unpaired) electrons. The van der Waals surface area contributed by atoms with E-state index in [9.17, 15) is 0 Å². The molecule has 0 unspecified atom stereocenters. The van der Waals surface area contributed by atoms with E-state index in [1.807, 2.05) is 0 Å². The maximum atomic E-state index is 5.76. The quantitative estimate of drug-likeness (QED) is 0.184. The summed E-state index contributed by atoms with van der Waals surface area (Å²) in [6.45, 7) is 1.06. The van der Waals surface area contributed by atoms with Crippen LogP contribution in [0.4, 0.5) is 0 Å². The van der Waals surface area contributed by atoms with Crippen molar-refractivity contribution in [3.8, 4) is 0 Å². The fourth-order valence-corrected chi connectivity index (χ4v) is 5.13. The highest BCUT2D eigenvalue weighted by Gasteiger charge is 2.13. The maximum absolute atomic E-state index is 5.76. The van der Waals surface area contributed by atoms with Crippen LogP contribution >= 0.6 is 49.8 Å². The summed E-state index contributed by atoms with van der Waals surface area (Å²) < 4.78 is 11.5. The Kier molecular flexibility index (Phi) is 11.2. The SMILES string of the molecule is S=P(S)(OCCc1ccc(CCBr)cc1)OCCc1ccc(CCBr)cc1. The van der Waals surface area contributed by atoms with Crippen molar-refractivity contribution in [2.75, 3.05) is 23.9 Å². The molecule has 0 saturated carbocycles. The average Bonchev–Trinajstić information content (AvgIpc) is 2.65. The lowest BCUT2D eigenvalue weighted by Gasteiger charge is -2.17. The molecule has 27 heavy (non-hydrogen) atoms. The fourth-order valence-electron chi connectivity index (χ4n) is 2.56. The van der Waals surface area contributed by atoms with E-state index in [1.54, 1.807) is 0 Å². The van der Waals surface area contributed by atoms with E-state index >= 15 is 0 Å². The lowest BCUT2D eigenvalue weighted by atomic mass is 10.1. The van der Waals surface area contributed by atoms with E-state index in [-0.39, 0.29) is 0 Å². The fraction of sp³-hybridized carbons (Fsp3) is 0.400. The van der Waals surface area contributed by atoms with Gasteiger partial charge in [0.1, 0.15) is 0 Å². The van der Waals surface area contributed by atoms with Gasteiger partial charge in [-0.3, -0.25) is 0 Å². The van der Waals surface area contributed by atoms with Crippen LogP contribution in [0.3, 0.4) is 0 Å². The zero-order valence-corrected chi connectivity index (χ0v) is 20.9. The third-order valence-corrected chi connectivity index (χ3v) is 7.24. The van der Waals surface area contributed by atoms with Crippen LogP contribution in [0.1, 0.15) is 22.3 Å². The van der Waals surface area contributed by atoms with Crippen molar-refractivity contribution >= 4 is 61.6 Å². The molecule has 0 fully saturated rings. The summed E-state index contributed by atoms with van der Waals surface area (Å²) in [4.78, 5) is 0. The highest BCUT2D eigenvalue weighted by Crippen LogP contribution is 2.53. The molecule has 148 valence electrons. The zero-order valence-electron chi connectivity index (χ0n) is 15.2. The highest BCUT2D eigenvalue weighted by molar-refractivity contribution is 9.09. The standard InChI is InChI=1S/C20H25Br2O2PS2/c21-13-9-17-1-5-19(6-2-17)11-15-23-25(26,27)24-16-12-20-7-3-18(4-8-20)10-14-22/h1-8H,9-16H2,(H,26,27). The first-order chi connectivity index (χ1) is 13.0. The Morgan fingerprint density at radius 3 is 1.26 bits per heavy atom. The van der Waals surface area contributed by atoms with Crippen molar-refractivity contribution in [2.45, 2.75) is 25.7 Å². The second-order valence-corrected chi connectivity index (χ2v) is 13.0. The van der Waals surface area contributed by atoms with E-state index in [0.717, 1.165) is 36.3 Å². The van der Waals surface area contributed by atoms with Gasteiger partial charge in [0.15, 0.2) is 0 Å². The van der Waals surface area contributed by atoms with Crippen LogP contribution in [-0.4, -0.2) is 23.9 Å². The monoisotopic (exact) mass is 550 g/mol. The van der Waals surface area contributed by atoms with E-state index in [2.05, 4.69) is 92.6 Å². The first-order valence-corrected chi connectivity index (χ1v) is 15.0. The minimum Gasteiger partial charge on any atom is -0.321 e. The molecule has 0 heterocycles. The first kappa shape index (κ1) is 23.6. The van der Waals surface area contributed by atoms with Gasteiger partial charge in [0, 0.05) is 10.7 Å². The predicted octanol–water partition coefficient (Wildman–Crippen LogP) is 6.53. The van der Waals surface area contributed by atoms with Gasteiger partial charge in [-0.2, -0.15) is 0 Å². The number of aryl methyl sites for hydroxylation is 2. The molecular formula is C20H25Br2O2PS2. The smallest absolute Gasteiger partial charge is 0.244 e. The van der Waals surface area contributed by atoms with Crippen LogP contribution in [0.15, 0.2) is 48.5 Å². The van der Waals surface area contributed by atoms with Gasteiger partial charge in [0.25, 0.3) is 0 Å². The van der Waals surface area contributed by atoms with Crippen molar-refractivity contribution < 1.29 is 9.05 Å². The topological polar surface area (TPSA) is 18.5 Å². The normalized spacial score (nSPS) is 11.7. The Hall–Kier alpha value is 0.320. The van der Waals surface area contributed by atoms with E-state index in [1.165, 1.54) is 22.3 Å². The number of alkyl halides is 2. The van der Waals surface area contributed by atoms with Gasteiger partial charge in [0.05, 0.1) is 13.2 Å². The molecule has 0 aliphatic rings. The largest absolute Gasteiger partial charge is 0.321 e. The summed E-state index contributed by atoms with van der Waals surface area (Å²) in [6, 6.07) is 17.2.